The Hall–Kier alpha value is -0.570. The highest BCUT2D eigenvalue weighted by atomic mass is 16.3. The first-order valence-corrected chi connectivity index (χ1v) is 6.13. The molecule has 1 rings (SSSR count). The summed E-state index contributed by atoms with van der Waals surface area (Å²) in [5.74, 6) is 0.671. The first-order chi connectivity index (χ1) is 7.18. The van der Waals surface area contributed by atoms with Gasteiger partial charge in [0.1, 0.15) is 0 Å². The molecule has 88 valence electrons. The fourth-order valence-corrected chi connectivity index (χ4v) is 2.16. The van der Waals surface area contributed by atoms with Crippen molar-refractivity contribution < 1.29 is 9.90 Å². The average molecular weight is 213 g/mol. The Bertz CT molecular complexity index is 184. The molecule has 0 bridgehead atoms. The van der Waals surface area contributed by atoms with Crippen molar-refractivity contribution in [3.63, 3.8) is 0 Å². The van der Waals surface area contributed by atoms with Crippen LogP contribution in [0.2, 0.25) is 0 Å². The largest absolute Gasteiger partial charge is 0.392 e. The Labute approximate surface area is 92.3 Å². The zero-order valence-electron chi connectivity index (χ0n) is 9.67. The molecular formula is C12H23NO2. The van der Waals surface area contributed by atoms with Gasteiger partial charge in [-0.05, 0) is 25.7 Å². The number of nitrogens with one attached hydrogen (secondary N) is 1. The van der Waals surface area contributed by atoms with E-state index in [1.54, 1.807) is 6.92 Å². The number of carbonyl (C=O) groups excluding carboxylic acids is 1. The van der Waals surface area contributed by atoms with E-state index in [0.717, 1.165) is 0 Å². The molecule has 0 aromatic carbocycles. The highest BCUT2D eigenvalue weighted by Crippen LogP contribution is 2.25. The highest BCUT2D eigenvalue weighted by molar-refractivity contribution is 5.76. The van der Waals surface area contributed by atoms with E-state index in [9.17, 15) is 4.79 Å². The van der Waals surface area contributed by atoms with Gasteiger partial charge in [0.25, 0.3) is 0 Å². The molecule has 0 aromatic rings. The van der Waals surface area contributed by atoms with Crippen molar-refractivity contribution in [3.05, 3.63) is 0 Å². The van der Waals surface area contributed by atoms with Gasteiger partial charge in [0.2, 0.25) is 5.91 Å². The van der Waals surface area contributed by atoms with E-state index >= 15 is 0 Å². The summed E-state index contributed by atoms with van der Waals surface area (Å²) in [7, 11) is 0. The standard InChI is InChI=1S/C12H23NO2/c1-10(14)9-13-12(15)8-11-6-4-2-3-5-7-11/h10-11,14H,2-9H2,1H3,(H,13,15). The van der Waals surface area contributed by atoms with Gasteiger partial charge < -0.3 is 10.4 Å². The van der Waals surface area contributed by atoms with Gasteiger partial charge in [-0.15, -0.1) is 0 Å². The molecule has 1 aliphatic carbocycles. The topological polar surface area (TPSA) is 49.3 Å². The molecule has 1 atom stereocenters. The van der Waals surface area contributed by atoms with Crippen LogP contribution in [0.15, 0.2) is 0 Å². The van der Waals surface area contributed by atoms with E-state index < -0.39 is 6.10 Å². The number of hydrogen-bond acceptors (Lipinski definition) is 2. The van der Waals surface area contributed by atoms with Crippen LogP contribution < -0.4 is 5.32 Å². The van der Waals surface area contributed by atoms with E-state index in [4.69, 9.17) is 5.11 Å². The minimum atomic E-state index is -0.442. The zero-order valence-corrected chi connectivity index (χ0v) is 9.67. The molecule has 2 N–H and O–H groups in total. The summed E-state index contributed by atoms with van der Waals surface area (Å²) >= 11 is 0. The predicted molar refractivity (Wildman–Crippen MR) is 60.5 cm³/mol. The highest BCUT2D eigenvalue weighted by Gasteiger charge is 2.15. The Balaban J connectivity index is 2.17. The van der Waals surface area contributed by atoms with Gasteiger partial charge in [-0.3, -0.25) is 4.79 Å². The Kier molecular flexibility index (Phi) is 5.69. The third-order valence-corrected chi connectivity index (χ3v) is 3.04. The van der Waals surface area contributed by atoms with Crippen LogP contribution in [-0.2, 0) is 4.79 Å². The maximum atomic E-state index is 11.5. The van der Waals surface area contributed by atoms with Crippen LogP contribution in [0.1, 0.15) is 51.9 Å². The molecule has 1 aliphatic rings. The zero-order chi connectivity index (χ0) is 11.1. The van der Waals surface area contributed by atoms with Crippen LogP contribution in [0.3, 0.4) is 0 Å². The smallest absolute Gasteiger partial charge is 0.220 e. The quantitative estimate of drug-likeness (QED) is 0.700. The van der Waals surface area contributed by atoms with Gasteiger partial charge in [-0.1, -0.05) is 25.7 Å². The number of aliphatic hydroxyl groups is 1. The lowest BCUT2D eigenvalue weighted by molar-refractivity contribution is -0.122. The normalized spacial score (nSPS) is 20.7. The molecule has 3 nitrogen and oxygen atoms in total. The molecule has 0 saturated heterocycles. The molecule has 0 radical (unpaired) electrons. The van der Waals surface area contributed by atoms with Gasteiger partial charge >= 0.3 is 0 Å². The number of aliphatic hydroxyl groups excluding tert-OH is 1. The number of rotatable bonds is 4. The second-order valence-corrected chi connectivity index (χ2v) is 4.71. The van der Waals surface area contributed by atoms with Crippen molar-refractivity contribution >= 4 is 5.91 Å². The lowest BCUT2D eigenvalue weighted by Crippen LogP contribution is -2.31. The summed E-state index contributed by atoms with van der Waals surface area (Å²) in [6.07, 6.45) is 7.79. The van der Waals surface area contributed by atoms with Gasteiger partial charge in [-0.2, -0.15) is 0 Å². The molecule has 0 spiro atoms. The third kappa shape index (κ3) is 5.78. The molecule has 0 heterocycles. The van der Waals surface area contributed by atoms with E-state index in [0.29, 0.717) is 18.9 Å². The number of hydrogen-bond donors (Lipinski definition) is 2. The van der Waals surface area contributed by atoms with Crippen molar-refractivity contribution in [1.29, 1.82) is 0 Å². The fourth-order valence-electron chi connectivity index (χ4n) is 2.16. The molecule has 0 aliphatic heterocycles. The Morgan fingerprint density at radius 3 is 2.47 bits per heavy atom. The van der Waals surface area contributed by atoms with Crippen molar-refractivity contribution in [2.45, 2.75) is 58.0 Å². The lowest BCUT2D eigenvalue weighted by Gasteiger charge is -2.14. The van der Waals surface area contributed by atoms with Gasteiger partial charge in [0.05, 0.1) is 6.10 Å². The fraction of sp³-hybridized carbons (Fsp3) is 0.917. The van der Waals surface area contributed by atoms with Crippen molar-refractivity contribution in [2.75, 3.05) is 6.54 Å². The molecule has 0 aromatic heterocycles. The van der Waals surface area contributed by atoms with Crippen LogP contribution in [0.5, 0.6) is 0 Å². The summed E-state index contributed by atoms with van der Waals surface area (Å²) < 4.78 is 0. The van der Waals surface area contributed by atoms with Crippen molar-refractivity contribution in [3.8, 4) is 0 Å². The van der Waals surface area contributed by atoms with E-state index in [1.165, 1.54) is 38.5 Å². The molecule has 1 unspecified atom stereocenters. The Morgan fingerprint density at radius 1 is 1.33 bits per heavy atom. The summed E-state index contributed by atoms with van der Waals surface area (Å²) in [5, 5.41) is 11.8. The van der Waals surface area contributed by atoms with Gasteiger partial charge in [-0.25, -0.2) is 0 Å². The van der Waals surface area contributed by atoms with Crippen LogP contribution in [-0.4, -0.2) is 23.7 Å². The Morgan fingerprint density at radius 2 is 1.93 bits per heavy atom. The minimum Gasteiger partial charge on any atom is -0.392 e. The summed E-state index contributed by atoms with van der Waals surface area (Å²) in [6, 6.07) is 0. The molecule has 3 heteroatoms. The van der Waals surface area contributed by atoms with Crippen LogP contribution in [0, 0.1) is 5.92 Å². The molecular weight excluding hydrogens is 190 g/mol. The van der Waals surface area contributed by atoms with Crippen LogP contribution in [0.25, 0.3) is 0 Å². The lowest BCUT2D eigenvalue weighted by atomic mass is 9.96. The van der Waals surface area contributed by atoms with E-state index in [2.05, 4.69) is 5.32 Å². The van der Waals surface area contributed by atoms with Crippen LogP contribution >= 0.6 is 0 Å². The van der Waals surface area contributed by atoms with E-state index in [1.807, 2.05) is 0 Å². The molecule has 15 heavy (non-hydrogen) atoms. The minimum absolute atomic E-state index is 0.0998. The predicted octanol–water partition coefficient (Wildman–Crippen LogP) is 1.84. The molecule has 1 amide bonds. The molecule has 1 fully saturated rings. The monoisotopic (exact) mass is 213 g/mol. The summed E-state index contributed by atoms with van der Waals surface area (Å²) in [6.45, 7) is 2.07. The van der Waals surface area contributed by atoms with Crippen molar-refractivity contribution in [1.82, 2.24) is 5.32 Å². The maximum absolute atomic E-state index is 11.5. The van der Waals surface area contributed by atoms with Crippen molar-refractivity contribution in [2.24, 2.45) is 5.92 Å². The van der Waals surface area contributed by atoms with E-state index in [-0.39, 0.29) is 5.91 Å². The van der Waals surface area contributed by atoms with Crippen LogP contribution in [0.4, 0.5) is 0 Å². The summed E-state index contributed by atoms with van der Waals surface area (Å²) in [5.41, 5.74) is 0. The second-order valence-electron chi connectivity index (χ2n) is 4.71. The average Bonchev–Trinajstić information content (AvgIpc) is 2.43. The first kappa shape index (κ1) is 12.5. The van der Waals surface area contributed by atoms with Gasteiger partial charge in [0, 0.05) is 13.0 Å². The molecule has 1 saturated carbocycles. The summed E-state index contributed by atoms with van der Waals surface area (Å²) in [4.78, 5) is 11.5. The second kappa shape index (κ2) is 6.83. The maximum Gasteiger partial charge on any atom is 0.220 e. The number of carbonyl (C=O) groups is 1. The van der Waals surface area contributed by atoms with Gasteiger partial charge in [0.15, 0.2) is 0 Å². The SMILES string of the molecule is CC(O)CNC(=O)CC1CCCCCC1. The number of amides is 1. The third-order valence-electron chi connectivity index (χ3n) is 3.04. The first-order valence-electron chi connectivity index (χ1n) is 6.13.